The normalized spacial score (nSPS) is 12.4. The molecule has 2 heteroatoms. The maximum Gasteiger partial charge on any atom is 0.0568 e. The van der Waals surface area contributed by atoms with Crippen LogP contribution in [0.15, 0.2) is 237 Å². The summed E-state index contributed by atoms with van der Waals surface area (Å²) in [5, 5.41) is 0. The second-order valence-electron chi connectivity index (χ2n) is 17.4. The Hall–Kier alpha value is -7.94. The highest BCUT2D eigenvalue weighted by Gasteiger charge is 2.36. The highest BCUT2D eigenvalue weighted by atomic mass is 15.1. The van der Waals surface area contributed by atoms with E-state index in [-0.39, 0.29) is 5.41 Å². The fourth-order valence-electron chi connectivity index (χ4n) is 10.1. The van der Waals surface area contributed by atoms with Gasteiger partial charge in [0.25, 0.3) is 0 Å². The minimum Gasteiger partial charge on any atom is -0.343 e. The van der Waals surface area contributed by atoms with Crippen LogP contribution in [0.2, 0.25) is 0 Å². The van der Waals surface area contributed by atoms with Crippen LogP contribution in [-0.2, 0) is 12.5 Å². The Morgan fingerprint density at radius 1 is 0.312 bits per heavy atom. The van der Waals surface area contributed by atoms with Gasteiger partial charge in [-0.25, -0.2) is 0 Å². The van der Waals surface area contributed by atoms with Gasteiger partial charge in [-0.15, -0.1) is 0 Å². The van der Waals surface area contributed by atoms with Crippen LogP contribution in [0.25, 0.3) is 78.1 Å². The zero-order valence-electron chi connectivity index (χ0n) is 36.4. The maximum absolute atomic E-state index is 2.41. The Balaban J connectivity index is 0.983. The first kappa shape index (κ1) is 38.9. The molecule has 10 aromatic rings. The minimum atomic E-state index is -0.103. The number of fused-ring (bicyclic) bond motifs is 3. The summed E-state index contributed by atoms with van der Waals surface area (Å²) in [4.78, 5) is 2.40. The molecule has 0 radical (unpaired) electrons. The molecular weight excluding hydrogens is 773 g/mol. The van der Waals surface area contributed by atoms with Gasteiger partial charge in [0.15, 0.2) is 0 Å². The largest absolute Gasteiger partial charge is 0.343 e. The number of benzene rings is 9. The summed E-state index contributed by atoms with van der Waals surface area (Å²) in [6, 6.07) is 86.1. The molecule has 64 heavy (non-hydrogen) atoms. The first-order chi connectivity index (χ1) is 31.4. The lowest BCUT2D eigenvalue weighted by molar-refractivity contribution is 0.660. The van der Waals surface area contributed by atoms with Crippen LogP contribution in [0.1, 0.15) is 25.0 Å². The smallest absolute Gasteiger partial charge is 0.0568 e. The molecule has 0 atom stereocenters. The van der Waals surface area contributed by atoms with E-state index in [1.807, 2.05) is 0 Å². The lowest BCUT2D eigenvalue weighted by Gasteiger charge is -2.28. The molecule has 0 aliphatic heterocycles. The van der Waals surface area contributed by atoms with Gasteiger partial charge in [-0.3, -0.25) is 0 Å². The number of hydrogen-bond acceptors (Lipinski definition) is 1. The van der Waals surface area contributed by atoms with E-state index in [0.717, 1.165) is 17.1 Å². The molecule has 0 saturated carbocycles. The zero-order chi connectivity index (χ0) is 43.2. The summed E-state index contributed by atoms with van der Waals surface area (Å²) < 4.78 is 2.39. The van der Waals surface area contributed by atoms with E-state index in [1.54, 1.807) is 0 Å². The van der Waals surface area contributed by atoms with E-state index >= 15 is 0 Å². The summed E-state index contributed by atoms with van der Waals surface area (Å²) in [5.41, 5.74) is 23.1. The van der Waals surface area contributed by atoms with Crippen molar-refractivity contribution >= 4 is 17.1 Å². The van der Waals surface area contributed by atoms with Gasteiger partial charge in [0, 0.05) is 40.7 Å². The summed E-state index contributed by atoms with van der Waals surface area (Å²) >= 11 is 0. The SMILES string of the molecule is Cn1c(-c2ccccc2)c(-c2ccccc2)c(-c2ccccc2)c1-c1ccc(-c2ccc(N(c3ccc(-c4ccccc4)cc3)c3ccc4c(c3)C(C)(C)c3ccccc3-4)cc2)cc1. The summed E-state index contributed by atoms with van der Waals surface area (Å²) in [7, 11) is 2.21. The van der Waals surface area contributed by atoms with Crippen molar-refractivity contribution in [2.24, 2.45) is 7.05 Å². The van der Waals surface area contributed by atoms with Crippen molar-refractivity contribution in [3.63, 3.8) is 0 Å². The monoisotopic (exact) mass is 820 g/mol. The van der Waals surface area contributed by atoms with Gasteiger partial charge in [0.05, 0.1) is 11.4 Å². The third-order valence-corrected chi connectivity index (χ3v) is 13.2. The third kappa shape index (κ3) is 6.76. The molecule has 11 rings (SSSR count). The number of aromatic nitrogens is 1. The molecule has 9 aromatic carbocycles. The van der Waals surface area contributed by atoms with Gasteiger partial charge < -0.3 is 9.47 Å². The predicted molar refractivity (Wildman–Crippen MR) is 270 cm³/mol. The molecule has 0 N–H and O–H groups in total. The number of rotatable bonds is 9. The van der Waals surface area contributed by atoms with Crippen LogP contribution >= 0.6 is 0 Å². The molecule has 1 aliphatic carbocycles. The number of nitrogens with zero attached hydrogens (tertiary/aromatic N) is 2. The van der Waals surface area contributed by atoms with E-state index in [1.165, 1.54) is 89.3 Å². The first-order valence-electron chi connectivity index (χ1n) is 22.2. The molecule has 306 valence electrons. The molecule has 1 aliphatic rings. The fraction of sp³-hybridized carbons (Fsp3) is 0.0645. The Morgan fingerprint density at radius 3 is 1.16 bits per heavy atom. The van der Waals surface area contributed by atoms with Crippen LogP contribution in [0.3, 0.4) is 0 Å². The number of hydrogen-bond donors (Lipinski definition) is 0. The predicted octanol–water partition coefficient (Wildman–Crippen LogP) is 16.8. The van der Waals surface area contributed by atoms with Crippen LogP contribution in [0.5, 0.6) is 0 Å². The van der Waals surface area contributed by atoms with E-state index in [9.17, 15) is 0 Å². The molecular formula is C62H48N2. The highest BCUT2D eigenvalue weighted by molar-refractivity contribution is 6.02. The molecule has 2 nitrogen and oxygen atoms in total. The van der Waals surface area contributed by atoms with Crippen molar-refractivity contribution in [2.45, 2.75) is 19.3 Å². The van der Waals surface area contributed by atoms with Gasteiger partial charge in [-0.1, -0.05) is 214 Å². The topological polar surface area (TPSA) is 8.17 Å². The quantitative estimate of drug-likeness (QED) is 0.141. The standard InChI is InChI=1S/C62H48N2/c1-62(2)56-27-17-16-26-54(56)55-41-40-53(42-57(55)62)64(51-36-32-45(33-37-51)43-18-8-4-9-19-43)52-38-34-46(35-39-52)44-28-30-50(31-29-44)61-59(48-22-12-6-13-23-48)58(47-20-10-5-11-21-47)60(63(61)3)49-24-14-7-15-25-49/h4-42H,1-3H3. The van der Waals surface area contributed by atoms with Gasteiger partial charge >= 0.3 is 0 Å². The lowest BCUT2D eigenvalue weighted by Crippen LogP contribution is -2.16. The number of anilines is 3. The molecule has 0 fully saturated rings. The molecule has 0 amide bonds. The van der Waals surface area contributed by atoms with Crippen LogP contribution in [0.4, 0.5) is 17.1 Å². The first-order valence-corrected chi connectivity index (χ1v) is 22.2. The fourth-order valence-corrected chi connectivity index (χ4v) is 10.1. The zero-order valence-corrected chi connectivity index (χ0v) is 36.4. The Kier molecular flexibility index (Phi) is 9.78. The molecule has 1 heterocycles. The van der Waals surface area contributed by atoms with E-state index in [0.29, 0.717) is 0 Å². The van der Waals surface area contributed by atoms with E-state index < -0.39 is 0 Å². The average molecular weight is 821 g/mol. The van der Waals surface area contributed by atoms with E-state index in [4.69, 9.17) is 0 Å². The average Bonchev–Trinajstić information content (AvgIpc) is 3.79. The Morgan fingerprint density at radius 2 is 0.656 bits per heavy atom. The van der Waals surface area contributed by atoms with Crippen molar-refractivity contribution in [3.05, 3.63) is 248 Å². The lowest BCUT2D eigenvalue weighted by atomic mass is 9.82. The minimum absolute atomic E-state index is 0.103. The Bertz CT molecular complexity index is 3240. The molecule has 0 spiro atoms. The van der Waals surface area contributed by atoms with Gasteiger partial charge in [-0.2, -0.15) is 0 Å². The van der Waals surface area contributed by atoms with E-state index in [2.05, 4.69) is 267 Å². The molecule has 0 bridgehead atoms. The van der Waals surface area contributed by atoms with Crippen LogP contribution < -0.4 is 4.90 Å². The Labute approximate surface area is 377 Å². The second-order valence-corrected chi connectivity index (χ2v) is 17.4. The second kappa shape index (κ2) is 16.1. The van der Waals surface area contributed by atoms with Crippen LogP contribution in [0, 0.1) is 0 Å². The van der Waals surface area contributed by atoms with Crippen molar-refractivity contribution in [3.8, 4) is 78.1 Å². The molecule has 0 unspecified atom stereocenters. The van der Waals surface area contributed by atoms with Gasteiger partial charge in [-0.05, 0) is 103 Å². The highest BCUT2D eigenvalue weighted by Crippen LogP contribution is 2.51. The summed E-state index contributed by atoms with van der Waals surface area (Å²) in [5.74, 6) is 0. The molecule has 0 saturated heterocycles. The van der Waals surface area contributed by atoms with Crippen molar-refractivity contribution in [1.82, 2.24) is 4.57 Å². The van der Waals surface area contributed by atoms with Gasteiger partial charge in [0.1, 0.15) is 0 Å². The molecule has 1 aromatic heterocycles. The van der Waals surface area contributed by atoms with Crippen molar-refractivity contribution in [2.75, 3.05) is 4.90 Å². The van der Waals surface area contributed by atoms with Crippen molar-refractivity contribution < 1.29 is 0 Å². The van der Waals surface area contributed by atoms with Gasteiger partial charge in [0.2, 0.25) is 0 Å². The van der Waals surface area contributed by atoms with Crippen LogP contribution in [-0.4, -0.2) is 4.57 Å². The third-order valence-electron chi connectivity index (χ3n) is 13.2. The summed E-state index contributed by atoms with van der Waals surface area (Å²) in [6.07, 6.45) is 0. The summed E-state index contributed by atoms with van der Waals surface area (Å²) in [6.45, 7) is 4.70. The maximum atomic E-state index is 2.41. The van der Waals surface area contributed by atoms with Crippen molar-refractivity contribution in [1.29, 1.82) is 0 Å².